The average molecular weight is 205 g/mol. The van der Waals surface area contributed by atoms with Crippen molar-refractivity contribution in [1.29, 1.82) is 0 Å². The molecule has 3 heteroatoms. The van der Waals surface area contributed by atoms with Crippen LogP contribution in [-0.2, 0) is 13.0 Å². The van der Waals surface area contributed by atoms with Crippen LogP contribution in [0.1, 0.15) is 31.0 Å². The van der Waals surface area contributed by atoms with Crippen molar-refractivity contribution in [3.63, 3.8) is 0 Å². The molecule has 0 spiro atoms. The molecule has 1 saturated carbocycles. The summed E-state index contributed by atoms with van der Waals surface area (Å²) in [5, 5.41) is 6.63. The van der Waals surface area contributed by atoms with Crippen molar-refractivity contribution in [3.8, 4) is 0 Å². The Bertz CT molecular complexity index is 332. The molecule has 0 atom stereocenters. The second-order valence-electron chi connectivity index (χ2n) is 4.15. The molecule has 0 radical (unpaired) electrons. The van der Waals surface area contributed by atoms with Crippen molar-refractivity contribution >= 4 is 5.82 Å². The molecule has 0 aliphatic heterocycles. The fraction of sp³-hybridized carbons (Fsp3) is 0.583. The van der Waals surface area contributed by atoms with Gasteiger partial charge in [0, 0.05) is 18.3 Å². The number of nitrogens with one attached hydrogen (secondary N) is 2. The fourth-order valence-electron chi connectivity index (χ4n) is 1.65. The van der Waals surface area contributed by atoms with Crippen LogP contribution in [0.3, 0.4) is 0 Å². The van der Waals surface area contributed by atoms with Gasteiger partial charge < -0.3 is 10.6 Å². The molecule has 2 N–H and O–H groups in total. The van der Waals surface area contributed by atoms with E-state index in [9.17, 15) is 0 Å². The van der Waals surface area contributed by atoms with Gasteiger partial charge in [-0.15, -0.1) is 0 Å². The van der Waals surface area contributed by atoms with Crippen LogP contribution in [0, 0.1) is 0 Å². The molecule has 0 saturated heterocycles. The molecule has 15 heavy (non-hydrogen) atoms. The highest BCUT2D eigenvalue weighted by Gasteiger charge is 2.21. The fourth-order valence-corrected chi connectivity index (χ4v) is 1.65. The minimum absolute atomic E-state index is 0.673. The highest BCUT2D eigenvalue weighted by molar-refractivity contribution is 5.41. The first kappa shape index (κ1) is 10.4. The molecule has 3 nitrogen and oxygen atoms in total. The van der Waals surface area contributed by atoms with Gasteiger partial charge in [-0.2, -0.15) is 0 Å². The molecule has 1 aliphatic rings. The standard InChI is InChI=1S/C12H19N3/c1-3-10-6-9(8-13-2)7-12(14-10)15-11-4-5-11/h6-7,11,13H,3-5,8H2,1-2H3,(H,14,15). The van der Waals surface area contributed by atoms with E-state index in [0.29, 0.717) is 6.04 Å². The van der Waals surface area contributed by atoms with Gasteiger partial charge in [-0.3, -0.25) is 0 Å². The lowest BCUT2D eigenvalue weighted by Crippen LogP contribution is -2.09. The molecule has 0 amide bonds. The Balaban J connectivity index is 2.15. The van der Waals surface area contributed by atoms with Crippen LogP contribution in [0.5, 0.6) is 0 Å². The van der Waals surface area contributed by atoms with Crippen LogP contribution < -0.4 is 10.6 Å². The lowest BCUT2D eigenvalue weighted by Gasteiger charge is -2.09. The van der Waals surface area contributed by atoms with Gasteiger partial charge in [0.25, 0.3) is 0 Å². The Kier molecular flexibility index (Phi) is 3.21. The number of nitrogens with zero attached hydrogens (tertiary/aromatic N) is 1. The number of anilines is 1. The van der Waals surface area contributed by atoms with Gasteiger partial charge in [0.1, 0.15) is 5.82 Å². The summed E-state index contributed by atoms with van der Waals surface area (Å²) < 4.78 is 0. The third kappa shape index (κ3) is 2.93. The minimum atomic E-state index is 0.673. The molecule has 1 aromatic rings. The van der Waals surface area contributed by atoms with E-state index in [1.807, 2.05) is 7.05 Å². The average Bonchev–Trinajstić information content (AvgIpc) is 3.02. The van der Waals surface area contributed by atoms with E-state index < -0.39 is 0 Å². The maximum atomic E-state index is 4.58. The molecule has 2 rings (SSSR count). The zero-order valence-electron chi connectivity index (χ0n) is 9.51. The van der Waals surface area contributed by atoms with Gasteiger partial charge in [0.05, 0.1) is 0 Å². The van der Waals surface area contributed by atoms with Crippen LogP contribution in [0.15, 0.2) is 12.1 Å². The predicted molar refractivity (Wildman–Crippen MR) is 63.0 cm³/mol. The van der Waals surface area contributed by atoms with E-state index in [4.69, 9.17) is 0 Å². The summed E-state index contributed by atoms with van der Waals surface area (Å²) in [4.78, 5) is 4.58. The second-order valence-corrected chi connectivity index (χ2v) is 4.15. The first-order chi connectivity index (χ1) is 7.31. The van der Waals surface area contributed by atoms with E-state index in [-0.39, 0.29) is 0 Å². The van der Waals surface area contributed by atoms with E-state index in [1.165, 1.54) is 24.1 Å². The molecule has 1 aromatic heterocycles. The van der Waals surface area contributed by atoms with Gasteiger partial charge in [-0.25, -0.2) is 4.98 Å². The first-order valence-corrected chi connectivity index (χ1v) is 5.72. The molecule has 1 aliphatic carbocycles. The van der Waals surface area contributed by atoms with Crippen molar-refractivity contribution in [1.82, 2.24) is 10.3 Å². The van der Waals surface area contributed by atoms with Crippen molar-refractivity contribution in [2.45, 2.75) is 38.8 Å². The van der Waals surface area contributed by atoms with E-state index in [2.05, 4.69) is 34.7 Å². The molecular formula is C12H19N3. The van der Waals surface area contributed by atoms with E-state index >= 15 is 0 Å². The molecule has 0 aromatic carbocycles. The number of aromatic nitrogens is 1. The Morgan fingerprint density at radius 1 is 1.40 bits per heavy atom. The first-order valence-electron chi connectivity index (χ1n) is 5.72. The largest absolute Gasteiger partial charge is 0.367 e. The SMILES string of the molecule is CCc1cc(CNC)cc(NC2CC2)n1. The summed E-state index contributed by atoms with van der Waals surface area (Å²) in [5.74, 6) is 1.04. The summed E-state index contributed by atoms with van der Waals surface area (Å²) in [6, 6.07) is 5.00. The van der Waals surface area contributed by atoms with Gasteiger partial charge >= 0.3 is 0 Å². The zero-order valence-corrected chi connectivity index (χ0v) is 9.51. The van der Waals surface area contributed by atoms with Crippen LogP contribution >= 0.6 is 0 Å². The van der Waals surface area contributed by atoms with Crippen LogP contribution in [-0.4, -0.2) is 18.1 Å². The quantitative estimate of drug-likeness (QED) is 0.771. The predicted octanol–water partition coefficient (Wildman–Crippen LogP) is 1.94. The second kappa shape index (κ2) is 4.62. The minimum Gasteiger partial charge on any atom is -0.367 e. The summed E-state index contributed by atoms with van der Waals surface area (Å²) in [5.41, 5.74) is 2.48. The summed E-state index contributed by atoms with van der Waals surface area (Å²) in [7, 11) is 1.97. The Labute approximate surface area is 91.3 Å². The number of aryl methyl sites for hydroxylation is 1. The van der Waals surface area contributed by atoms with Crippen molar-refractivity contribution in [2.75, 3.05) is 12.4 Å². The highest BCUT2D eigenvalue weighted by Crippen LogP contribution is 2.24. The zero-order chi connectivity index (χ0) is 10.7. The van der Waals surface area contributed by atoms with Gasteiger partial charge in [-0.05, 0) is 44.0 Å². The molecule has 0 unspecified atom stereocenters. The molecule has 82 valence electrons. The Hall–Kier alpha value is -1.09. The Morgan fingerprint density at radius 3 is 2.80 bits per heavy atom. The number of hydrogen-bond acceptors (Lipinski definition) is 3. The normalized spacial score (nSPS) is 15.3. The van der Waals surface area contributed by atoms with Crippen molar-refractivity contribution < 1.29 is 0 Å². The Morgan fingerprint density at radius 2 is 2.20 bits per heavy atom. The number of rotatable bonds is 5. The van der Waals surface area contributed by atoms with Gasteiger partial charge in [-0.1, -0.05) is 6.92 Å². The van der Waals surface area contributed by atoms with Crippen molar-refractivity contribution in [2.24, 2.45) is 0 Å². The monoisotopic (exact) mass is 205 g/mol. The summed E-state index contributed by atoms with van der Waals surface area (Å²) in [6.45, 7) is 3.06. The number of pyridine rings is 1. The topological polar surface area (TPSA) is 37.0 Å². The van der Waals surface area contributed by atoms with Gasteiger partial charge in [0.15, 0.2) is 0 Å². The van der Waals surface area contributed by atoms with Crippen LogP contribution in [0.25, 0.3) is 0 Å². The molecular weight excluding hydrogens is 186 g/mol. The van der Waals surface area contributed by atoms with Crippen molar-refractivity contribution in [3.05, 3.63) is 23.4 Å². The maximum absolute atomic E-state index is 4.58. The smallest absolute Gasteiger partial charge is 0.126 e. The third-order valence-corrected chi connectivity index (χ3v) is 2.61. The molecule has 1 fully saturated rings. The van der Waals surface area contributed by atoms with Crippen LogP contribution in [0.2, 0.25) is 0 Å². The third-order valence-electron chi connectivity index (χ3n) is 2.61. The summed E-state index contributed by atoms with van der Waals surface area (Å²) >= 11 is 0. The molecule has 1 heterocycles. The highest BCUT2D eigenvalue weighted by atomic mass is 15.0. The molecule has 0 bridgehead atoms. The number of hydrogen-bond donors (Lipinski definition) is 2. The van der Waals surface area contributed by atoms with Gasteiger partial charge in [0.2, 0.25) is 0 Å². The van der Waals surface area contributed by atoms with E-state index in [0.717, 1.165) is 18.8 Å². The lowest BCUT2D eigenvalue weighted by atomic mass is 10.2. The summed E-state index contributed by atoms with van der Waals surface area (Å²) in [6.07, 6.45) is 3.58. The van der Waals surface area contributed by atoms with E-state index in [1.54, 1.807) is 0 Å². The lowest BCUT2D eigenvalue weighted by molar-refractivity contribution is 0.812. The maximum Gasteiger partial charge on any atom is 0.126 e. The van der Waals surface area contributed by atoms with Crippen LogP contribution in [0.4, 0.5) is 5.82 Å².